The maximum absolute atomic E-state index is 12.3. The highest BCUT2D eigenvalue weighted by Gasteiger charge is 2.07. The molecular formula is C21H20N2O. The summed E-state index contributed by atoms with van der Waals surface area (Å²) in [6.45, 7) is 4.61. The van der Waals surface area contributed by atoms with Crippen molar-refractivity contribution in [2.45, 2.75) is 20.4 Å². The second kappa shape index (κ2) is 7.09. The van der Waals surface area contributed by atoms with Crippen molar-refractivity contribution in [2.24, 2.45) is 0 Å². The maximum atomic E-state index is 12.3. The topological polar surface area (TPSA) is 42.0 Å². The van der Waals surface area contributed by atoms with Gasteiger partial charge in [-0.05, 0) is 43.2 Å². The SMILES string of the molecule is Cc1cccc(-c2ccc(C(=O)NCc3ccccc3C)cn2)c1. The van der Waals surface area contributed by atoms with Crippen LogP contribution in [0.3, 0.4) is 0 Å². The van der Waals surface area contributed by atoms with Gasteiger partial charge in [0.15, 0.2) is 0 Å². The largest absolute Gasteiger partial charge is 0.348 e. The van der Waals surface area contributed by atoms with Crippen LogP contribution in [0.1, 0.15) is 27.0 Å². The minimum atomic E-state index is -0.110. The Balaban J connectivity index is 1.69. The van der Waals surface area contributed by atoms with E-state index in [-0.39, 0.29) is 5.91 Å². The number of amides is 1. The van der Waals surface area contributed by atoms with Crippen LogP contribution in [-0.4, -0.2) is 10.9 Å². The lowest BCUT2D eigenvalue weighted by atomic mass is 10.1. The van der Waals surface area contributed by atoms with Crippen LogP contribution in [0.5, 0.6) is 0 Å². The Morgan fingerprint density at radius 1 is 1.00 bits per heavy atom. The number of aryl methyl sites for hydroxylation is 2. The van der Waals surface area contributed by atoms with E-state index in [0.29, 0.717) is 12.1 Å². The minimum absolute atomic E-state index is 0.110. The lowest BCUT2D eigenvalue weighted by Gasteiger charge is -2.08. The quantitative estimate of drug-likeness (QED) is 0.780. The molecular weight excluding hydrogens is 296 g/mol. The molecule has 0 aliphatic heterocycles. The first-order chi connectivity index (χ1) is 11.6. The summed E-state index contributed by atoms with van der Waals surface area (Å²) in [4.78, 5) is 16.7. The van der Waals surface area contributed by atoms with Gasteiger partial charge in [0.1, 0.15) is 0 Å². The summed E-state index contributed by atoms with van der Waals surface area (Å²) in [6.07, 6.45) is 1.63. The number of carbonyl (C=O) groups is 1. The normalized spacial score (nSPS) is 10.4. The number of hydrogen-bond donors (Lipinski definition) is 1. The zero-order valence-electron chi connectivity index (χ0n) is 13.9. The van der Waals surface area contributed by atoms with E-state index in [1.807, 2.05) is 55.5 Å². The van der Waals surface area contributed by atoms with Crippen molar-refractivity contribution < 1.29 is 4.79 Å². The number of nitrogens with one attached hydrogen (secondary N) is 1. The molecule has 1 heterocycles. The number of benzene rings is 2. The lowest BCUT2D eigenvalue weighted by molar-refractivity contribution is 0.0950. The Bertz CT molecular complexity index is 854. The summed E-state index contributed by atoms with van der Waals surface area (Å²) in [5.41, 5.74) is 5.98. The van der Waals surface area contributed by atoms with Gasteiger partial charge in [-0.2, -0.15) is 0 Å². The van der Waals surface area contributed by atoms with Gasteiger partial charge in [0.05, 0.1) is 11.3 Å². The molecule has 120 valence electrons. The molecule has 3 aromatic rings. The van der Waals surface area contributed by atoms with Gasteiger partial charge >= 0.3 is 0 Å². The zero-order chi connectivity index (χ0) is 16.9. The molecule has 0 atom stereocenters. The minimum Gasteiger partial charge on any atom is -0.348 e. The van der Waals surface area contributed by atoms with Crippen LogP contribution >= 0.6 is 0 Å². The Morgan fingerprint density at radius 3 is 2.54 bits per heavy atom. The van der Waals surface area contributed by atoms with Gasteiger partial charge in [-0.25, -0.2) is 0 Å². The van der Waals surface area contributed by atoms with E-state index in [1.165, 1.54) is 11.1 Å². The van der Waals surface area contributed by atoms with Crippen molar-refractivity contribution in [3.8, 4) is 11.3 Å². The average Bonchev–Trinajstić information content (AvgIpc) is 2.61. The van der Waals surface area contributed by atoms with Crippen LogP contribution in [-0.2, 0) is 6.54 Å². The Labute approximate surface area is 142 Å². The predicted molar refractivity (Wildman–Crippen MR) is 96.8 cm³/mol. The first kappa shape index (κ1) is 15.9. The smallest absolute Gasteiger partial charge is 0.253 e. The zero-order valence-corrected chi connectivity index (χ0v) is 13.9. The molecule has 0 aliphatic rings. The molecule has 3 heteroatoms. The molecule has 0 saturated carbocycles. The maximum Gasteiger partial charge on any atom is 0.253 e. The first-order valence-electron chi connectivity index (χ1n) is 7.99. The van der Waals surface area contributed by atoms with Crippen LogP contribution in [0.15, 0.2) is 66.9 Å². The first-order valence-corrected chi connectivity index (χ1v) is 7.99. The molecule has 0 aliphatic carbocycles. The molecule has 1 N–H and O–H groups in total. The molecule has 0 radical (unpaired) electrons. The molecule has 0 fully saturated rings. The number of rotatable bonds is 4. The Kier molecular flexibility index (Phi) is 4.71. The third kappa shape index (κ3) is 3.69. The molecule has 1 aromatic heterocycles. The number of carbonyl (C=O) groups excluding carboxylic acids is 1. The molecule has 0 bridgehead atoms. The van der Waals surface area contributed by atoms with Gasteiger partial charge in [-0.3, -0.25) is 9.78 Å². The molecule has 0 unspecified atom stereocenters. The summed E-state index contributed by atoms with van der Waals surface area (Å²) in [6, 6.07) is 19.9. The van der Waals surface area contributed by atoms with Crippen molar-refractivity contribution in [3.63, 3.8) is 0 Å². The van der Waals surface area contributed by atoms with Crippen molar-refractivity contribution in [2.75, 3.05) is 0 Å². The molecule has 1 amide bonds. The molecule has 3 rings (SSSR count). The van der Waals surface area contributed by atoms with Gasteiger partial charge in [0.2, 0.25) is 0 Å². The number of nitrogens with zero attached hydrogens (tertiary/aromatic N) is 1. The van der Waals surface area contributed by atoms with Gasteiger partial charge < -0.3 is 5.32 Å². The third-order valence-electron chi connectivity index (χ3n) is 4.04. The Hall–Kier alpha value is -2.94. The summed E-state index contributed by atoms with van der Waals surface area (Å²) < 4.78 is 0. The van der Waals surface area contributed by atoms with Gasteiger partial charge in [-0.15, -0.1) is 0 Å². The average molecular weight is 316 g/mol. The van der Waals surface area contributed by atoms with Crippen LogP contribution < -0.4 is 5.32 Å². The number of aromatic nitrogens is 1. The van der Waals surface area contributed by atoms with Crippen molar-refractivity contribution in [1.82, 2.24) is 10.3 Å². The summed E-state index contributed by atoms with van der Waals surface area (Å²) in [5, 5.41) is 2.95. The van der Waals surface area contributed by atoms with Crippen LogP contribution in [0.2, 0.25) is 0 Å². The van der Waals surface area contributed by atoms with Crippen LogP contribution in [0.25, 0.3) is 11.3 Å². The molecule has 24 heavy (non-hydrogen) atoms. The summed E-state index contributed by atoms with van der Waals surface area (Å²) >= 11 is 0. The number of hydrogen-bond acceptors (Lipinski definition) is 2. The lowest BCUT2D eigenvalue weighted by Crippen LogP contribution is -2.23. The van der Waals surface area contributed by atoms with Crippen LogP contribution in [0.4, 0.5) is 0 Å². The van der Waals surface area contributed by atoms with E-state index in [0.717, 1.165) is 16.8 Å². The molecule has 0 spiro atoms. The van der Waals surface area contributed by atoms with Gasteiger partial charge in [-0.1, -0.05) is 48.0 Å². The fourth-order valence-corrected chi connectivity index (χ4v) is 2.59. The van der Waals surface area contributed by atoms with E-state index < -0.39 is 0 Å². The second-order valence-electron chi connectivity index (χ2n) is 5.91. The molecule has 2 aromatic carbocycles. The summed E-state index contributed by atoms with van der Waals surface area (Å²) in [5.74, 6) is -0.110. The van der Waals surface area contributed by atoms with E-state index in [4.69, 9.17) is 0 Å². The monoisotopic (exact) mass is 316 g/mol. The highest BCUT2D eigenvalue weighted by molar-refractivity contribution is 5.94. The van der Waals surface area contributed by atoms with Crippen molar-refractivity contribution in [1.29, 1.82) is 0 Å². The van der Waals surface area contributed by atoms with E-state index in [1.54, 1.807) is 6.20 Å². The fourth-order valence-electron chi connectivity index (χ4n) is 2.59. The molecule has 3 nitrogen and oxygen atoms in total. The van der Waals surface area contributed by atoms with E-state index >= 15 is 0 Å². The fraction of sp³-hybridized carbons (Fsp3) is 0.143. The highest BCUT2D eigenvalue weighted by Crippen LogP contribution is 2.18. The number of pyridine rings is 1. The third-order valence-corrected chi connectivity index (χ3v) is 4.04. The molecule has 0 saturated heterocycles. The second-order valence-corrected chi connectivity index (χ2v) is 5.91. The summed E-state index contributed by atoms with van der Waals surface area (Å²) in [7, 11) is 0. The highest BCUT2D eigenvalue weighted by atomic mass is 16.1. The van der Waals surface area contributed by atoms with Crippen molar-refractivity contribution >= 4 is 5.91 Å². The van der Waals surface area contributed by atoms with Crippen molar-refractivity contribution in [3.05, 3.63) is 89.1 Å². The predicted octanol–water partition coefficient (Wildman–Crippen LogP) is 4.30. The van der Waals surface area contributed by atoms with E-state index in [9.17, 15) is 4.79 Å². The standard InChI is InChI=1S/C21H20N2O/c1-15-6-5-9-17(12-15)20-11-10-19(14-22-20)21(24)23-13-18-8-4-3-7-16(18)2/h3-12,14H,13H2,1-2H3,(H,23,24). The van der Waals surface area contributed by atoms with Gasteiger partial charge in [0.25, 0.3) is 5.91 Å². The van der Waals surface area contributed by atoms with Crippen LogP contribution in [0, 0.1) is 13.8 Å². The van der Waals surface area contributed by atoms with E-state index in [2.05, 4.69) is 29.4 Å². The Morgan fingerprint density at radius 2 is 1.83 bits per heavy atom. The van der Waals surface area contributed by atoms with Gasteiger partial charge in [0, 0.05) is 18.3 Å².